The zero-order valence-electron chi connectivity index (χ0n) is 14.7. The lowest BCUT2D eigenvalue weighted by atomic mass is 9.70. The zero-order valence-corrected chi connectivity index (χ0v) is 16.2. The van der Waals surface area contributed by atoms with Crippen molar-refractivity contribution in [3.63, 3.8) is 0 Å². The van der Waals surface area contributed by atoms with Crippen LogP contribution >= 0.6 is 24.0 Å². The summed E-state index contributed by atoms with van der Waals surface area (Å²) in [4.78, 5) is 9.09. The van der Waals surface area contributed by atoms with E-state index in [1.807, 2.05) is 24.3 Å². The maximum atomic E-state index is 14.2. The molecule has 4 rings (SSSR count). The molecule has 6 heteroatoms. The van der Waals surface area contributed by atoms with Crippen LogP contribution in [0.15, 0.2) is 60.8 Å². The molecule has 3 nitrogen and oxygen atoms in total. The number of rotatable bonds is 3. The summed E-state index contributed by atoms with van der Waals surface area (Å²) in [7, 11) is 0. The number of hydrogen-bond acceptors (Lipinski definition) is 3. The highest BCUT2D eigenvalue weighted by Gasteiger charge is 2.38. The van der Waals surface area contributed by atoms with Gasteiger partial charge in [0.2, 0.25) is 0 Å². The topological polar surface area (TPSA) is 37.8 Å². The van der Waals surface area contributed by atoms with Gasteiger partial charge in [0.15, 0.2) is 5.82 Å². The lowest BCUT2D eigenvalue weighted by Crippen LogP contribution is -2.41. The second-order valence-corrected chi connectivity index (χ2v) is 6.96. The van der Waals surface area contributed by atoms with E-state index in [1.54, 1.807) is 24.4 Å². The molecule has 27 heavy (non-hydrogen) atoms. The summed E-state index contributed by atoms with van der Waals surface area (Å²) in [5.74, 6) is 0.0901. The van der Waals surface area contributed by atoms with Gasteiger partial charge in [-0.3, -0.25) is 0 Å². The Kier molecular flexibility index (Phi) is 6.10. The van der Waals surface area contributed by atoms with Gasteiger partial charge in [0.05, 0.1) is 11.3 Å². The summed E-state index contributed by atoms with van der Waals surface area (Å²) >= 11 is 6.56. The molecule has 140 valence electrons. The predicted octanol–water partition coefficient (Wildman–Crippen LogP) is 5.03. The monoisotopic (exact) mass is 403 g/mol. The summed E-state index contributed by atoms with van der Waals surface area (Å²) in [6, 6.07) is 16.5. The molecule has 1 saturated heterocycles. The average Bonchev–Trinajstić information content (AvgIpc) is 2.69. The van der Waals surface area contributed by atoms with Crippen molar-refractivity contribution < 1.29 is 4.39 Å². The van der Waals surface area contributed by atoms with E-state index in [2.05, 4.69) is 16.4 Å². The van der Waals surface area contributed by atoms with Crippen LogP contribution in [0.3, 0.4) is 0 Å². The van der Waals surface area contributed by atoms with Crippen LogP contribution < -0.4 is 5.32 Å². The highest BCUT2D eigenvalue weighted by molar-refractivity contribution is 6.31. The standard InChI is InChI=1S/C21H19ClFN3.ClH/c22-17-7-3-2-6-16(17)21(10-13-24-14-11-21)19-9-12-25-20(26-19)15-5-1-4-8-18(15)23;/h1-9,12,24H,10-11,13-14H2;1H. The molecule has 1 aromatic heterocycles. The van der Waals surface area contributed by atoms with Crippen molar-refractivity contribution in [3.8, 4) is 11.4 Å². The van der Waals surface area contributed by atoms with Crippen molar-refractivity contribution in [3.05, 3.63) is 82.9 Å². The van der Waals surface area contributed by atoms with Crippen molar-refractivity contribution in [1.29, 1.82) is 0 Å². The number of benzene rings is 2. The molecule has 0 saturated carbocycles. The molecule has 0 atom stereocenters. The Bertz CT molecular complexity index is 927. The van der Waals surface area contributed by atoms with Crippen LogP contribution in [-0.4, -0.2) is 23.1 Å². The van der Waals surface area contributed by atoms with Crippen LogP contribution in [0.2, 0.25) is 5.02 Å². The molecule has 1 N–H and O–H groups in total. The van der Waals surface area contributed by atoms with Gasteiger partial charge in [-0.05, 0) is 55.8 Å². The third kappa shape index (κ3) is 3.70. The molecule has 0 radical (unpaired) electrons. The Balaban J connectivity index is 0.00000210. The van der Waals surface area contributed by atoms with Crippen molar-refractivity contribution in [1.82, 2.24) is 15.3 Å². The van der Waals surface area contributed by atoms with Gasteiger partial charge in [0.1, 0.15) is 5.82 Å². The minimum absolute atomic E-state index is 0. The van der Waals surface area contributed by atoms with E-state index >= 15 is 0 Å². The summed E-state index contributed by atoms with van der Waals surface area (Å²) in [6.45, 7) is 1.76. The molecule has 2 heterocycles. The van der Waals surface area contributed by atoms with Crippen LogP contribution in [0.5, 0.6) is 0 Å². The van der Waals surface area contributed by atoms with Gasteiger partial charge >= 0.3 is 0 Å². The molecule has 1 aliphatic rings. The molecule has 0 bridgehead atoms. The van der Waals surface area contributed by atoms with E-state index < -0.39 is 0 Å². The smallest absolute Gasteiger partial charge is 0.162 e. The number of aromatic nitrogens is 2. The van der Waals surface area contributed by atoms with Crippen LogP contribution in [0.25, 0.3) is 11.4 Å². The molecule has 0 spiro atoms. The van der Waals surface area contributed by atoms with Crippen LogP contribution in [0.4, 0.5) is 4.39 Å². The summed E-state index contributed by atoms with van der Waals surface area (Å²) < 4.78 is 14.2. The lowest BCUT2D eigenvalue weighted by Gasteiger charge is -2.38. The maximum Gasteiger partial charge on any atom is 0.162 e. The second-order valence-electron chi connectivity index (χ2n) is 6.56. The SMILES string of the molecule is Cl.Fc1ccccc1-c1nccc(C2(c3ccccc3Cl)CCNCC2)n1. The Morgan fingerprint density at radius 2 is 1.67 bits per heavy atom. The van der Waals surface area contributed by atoms with E-state index in [0.717, 1.165) is 42.2 Å². The third-order valence-corrected chi connectivity index (χ3v) is 5.44. The maximum absolute atomic E-state index is 14.2. The van der Waals surface area contributed by atoms with Crippen molar-refractivity contribution >= 4 is 24.0 Å². The zero-order chi connectivity index (χ0) is 18.0. The molecular weight excluding hydrogens is 384 g/mol. The molecule has 1 aliphatic heterocycles. The Morgan fingerprint density at radius 1 is 0.963 bits per heavy atom. The van der Waals surface area contributed by atoms with Gasteiger partial charge < -0.3 is 5.32 Å². The summed E-state index contributed by atoms with van der Waals surface area (Å²) in [5.41, 5.74) is 2.08. The normalized spacial score (nSPS) is 15.8. The van der Waals surface area contributed by atoms with E-state index in [-0.39, 0.29) is 23.6 Å². The highest BCUT2D eigenvalue weighted by Crippen LogP contribution is 2.42. The highest BCUT2D eigenvalue weighted by atomic mass is 35.5. The van der Waals surface area contributed by atoms with Gasteiger partial charge in [-0.25, -0.2) is 14.4 Å². The van der Waals surface area contributed by atoms with Crippen LogP contribution in [0.1, 0.15) is 24.1 Å². The molecule has 2 aromatic carbocycles. The summed E-state index contributed by atoms with van der Waals surface area (Å²) in [6.07, 6.45) is 3.47. The third-order valence-electron chi connectivity index (χ3n) is 5.11. The predicted molar refractivity (Wildman–Crippen MR) is 109 cm³/mol. The van der Waals surface area contributed by atoms with Gasteiger partial charge in [-0.2, -0.15) is 0 Å². The molecule has 0 unspecified atom stereocenters. The first-order valence-corrected chi connectivity index (χ1v) is 9.13. The first kappa shape index (κ1) is 19.7. The van der Waals surface area contributed by atoms with Gasteiger partial charge in [-0.1, -0.05) is 41.9 Å². The minimum atomic E-state index is -0.318. The molecule has 0 amide bonds. The van der Waals surface area contributed by atoms with E-state index in [9.17, 15) is 4.39 Å². The molecule has 1 fully saturated rings. The Morgan fingerprint density at radius 3 is 2.41 bits per heavy atom. The largest absolute Gasteiger partial charge is 0.317 e. The second kappa shape index (κ2) is 8.34. The first-order chi connectivity index (χ1) is 12.7. The Hall–Kier alpha value is -2.01. The average molecular weight is 404 g/mol. The van der Waals surface area contributed by atoms with Gasteiger partial charge in [0.25, 0.3) is 0 Å². The minimum Gasteiger partial charge on any atom is -0.317 e. The lowest BCUT2D eigenvalue weighted by molar-refractivity contribution is 0.354. The fourth-order valence-electron chi connectivity index (χ4n) is 3.76. The van der Waals surface area contributed by atoms with E-state index in [0.29, 0.717) is 11.4 Å². The first-order valence-electron chi connectivity index (χ1n) is 8.75. The number of piperidine rings is 1. The van der Waals surface area contributed by atoms with E-state index in [4.69, 9.17) is 16.6 Å². The van der Waals surface area contributed by atoms with Crippen LogP contribution in [-0.2, 0) is 5.41 Å². The molecular formula is C21H20Cl2FN3. The van der Waals surface area contributed by atoms with Crippen molar-refractivity contribution in [2.75, 3.05) is 13.1 Å². The van der Waals surface area contributed by atoms with E-state index in [1.165, 1.54) is 6.07 Å². The molecule has 0 aliphatic carbocycles. The van der Waals surface area contributed by atoms with Gasteiger partial charge in [-0.15, -0.1) is 12.4 Å². The Labute approximate surface area is 169 Å². The van der Waals surface area contributed by atoms with Crippen LogP contribution in [0, 0.1) is 5.82 Å². The van der Waals surface area contributed by atoms with Crippen molar-refractivity contribution in [2.24, 2.45) is 0 Å². The summed E-state index contributed by atoms with van der Waals surface area (Å²) in [5, 5.41) is 4.14. The quantitative estimate of drug-likeness (QED) is 0.666. The number of hydrogen-bond donors (Lipinski definition) is 1. The van der Waals surface area contributed by atoms with Gasteiger partial charge in [0, 0.05) is 16.6 Å². The van der Waals surface area contributed by atoms with Crippen molar-refractivity contribution in [2.45, 2.75) is 18.3 Å². The molecule has 3 aromatic rings. The number of halogens is 3. The number of nitrogens with zero attached hydrogens (tertiary/aromatic N) is 2. The number of nitrogens with one attached hydrogen (secondary N) is 1. The fourth-order valence-corrected chi connectivity index (χ4v) is 4.08. The fraction of sp³-hybridized carbons (Fsp3) is 0.238.